The van der Waals surface area contributed by atoms with E-state index in [1.165, 1.54) is 6.07 Å². The van der Waals surface area contributed by atoms with E-state index in [0.29, 0.717) is 23.5 Å². The summed E-state index contributed by atoms with van der Waals surface area (Å²) in [5.74, 6) is 0.400. The molecule has 4 nitrogen and oxygen atoms in total. The van der Waals surface area contributed by atoms with Crippen LogP contribution in [0.2, 0.25) is 5.02 Å². The number of nitrogens with zero attached hydrogens (tertiary/aromatic N) is 3. The zero-order chi connectivity index (χ0) is 21.8. The maximum atomic E-state index is 13.5. The molecule has 2 N–H and O–H groups in total. The lowest BCUT2D eigenvalue weighted by atomic mass is 9.83. The lowest BCUT2D eigenvalue weighted by Gasteiger charge is -2.25. The third-order valence-corrected chi connectivity index (χ3v) is 6.39. The Hall–Kier alpha value is -2.50. The molecule has 3 aromatic rings. The molecule has 0 unspecified atom stereocenters. The Balaban J connectivity index is 1.52. The molecule has 0 atom stereocenters. The van der Waals surface area contributed by atoms with Gasteiger partial charge in [0.05, 0.1) is 16.9 Å². The van der Waals surface area contributed by atoms with Gasteiger partial charge in [0.2, 0.25) is 0 Å². The summed E-state index contributed by atoms with van der Waals surface area (Å²) in [5, 5.41) is 0.612. The summed E-state index contributed by atoms with van der Waals surface area (Å²) in [4.78, 5) is 11.0. The minimum absolute atomic E-state index is 0.228. The molecule has 0 amide bonds. The SMILES string of the molecule is CN(Cc1cccc(F)c1)c1cncc(-c2cc(CC3CCC(N)CC3)ncc2Cl)c1. The second-order valence-electron chi connectivity index (χ2n) is 8.56. The second kappa shape index (κ2) is 9.75. The molecule has 0 bridgehead atoms. The minimum Gasteiger partial charge on any atom is -0.369 e. The first kappa shape index (κ1) is 21.7. The molecule has 1 fully saturated rings. The van der Waals surface area contributed by atoms with Gasteiger partial charge in [-0.25, -0.2) is 4.39 Å². The van der Waals surface area contributed by atoms with Crippen molar-refractivity contribution < 1.29 is 4.39 Å². The maximum Gasteiger partial charge on any atom is 0.123 e. The van der Waals surface area contributed by atoms with Gasteiger partial charge in [-0.1, -0.05) is 23.7 Å². The van der Waals surface area contributed by atoms with Crippen LogP contribution >= 0.6 is 11.6 Å². The molecular formula is C25H28ClFN4. The Morgan fingerprint density at radius 2 is 1.90 bits per heavy atom. The van der Waals surface area contributed by atoms with E-state index >= 15 is 0 Å². The molecule has 1 saturated carbocycles. The average molecular weight is 439 g/mol. The molecule has 0 aliphatic heterocycles. The van der Waals surface area contributed by atoms with Gasteiger partial charge < -0.3 is 10.6 Å². The van der Waals surface area contributed by atoms with Crippen LogP contribution in [-0.2, 0) is 13.0 Å². The fourth-order valence-electron chi connectivity index (χ4n) is 4.29. The van der Waals surface area contributed by atoms with Crippen molar-refractivity contribution in [3.05, 3.63) is 77.1 Å². The summed E-state index contributed by atoms with van der Waals surface area (Å²) in [6.45, 7) is 0.585. The Bertz CT molecular complexity index is 1030. The fraction of sp³-hybridized carbons (Fsp3) is 0.360. The van der Waals surface area contributed by atoms with Crippen LogP contribution in [0, 0.1) is 11.7 Å². The molecule has 2 heterocycles. The molecule has 31 heavy (non-hydrogen) atoms. The quantitative estimate of drug-likeness (QED) is 0.541. The first-order chi connectivity index (χ1) is 15.0. The van der Waals surface area contributed by atoms with Crippen LogP contribution in [-0.4, -0.2) is 23.1 Å². The molecule has 0 saturated heterocycles. The van der Waals surface area contributed by atoms with Gasteiger partial charge >= 0.3 is 0 Å². The standard InChI is InChI=1S/C25H28ClFN4/c1-31(16-18-3-2-4-20(27)9-18)23-11-19(13-29-14-23)24-12-22(30-15-25(24)26)10-17-5-7-21(28)8-6-17/h2-4,9,11-15,17,21H,5-8,10,16,28H2,1H3. The largest absolute Gasteiger partial charge is 0.369 e. The molecule has 0 spiro atoms. The number of aromatic nitrogens is 2. The third-order valence-electron chi connectivity index (χ3n) is 6.09. The third kappa shape index (κ3) is 5.60. The summed E-state index contributed by atoms with van der Waals surface area (Å²) in [6, 6.07) is 11.2. The van der Waals surface area contributed by atoms with Gasteiger partial charge in [0.15, 0.2) is 0 Å². The molecule has 6 heteroatoms. The van der Waals surface area contributed by atoms with Crippen molar-refractivity contribution in [2.45, 2.75) is 44.7 Å². The molecular weight excluding hydrogens is 411 g/mol. The normalized spacial score (nSPS) is 18.7. The van der Waals surface area contributed by atoms with Crippen LogP contribution < -0.4 is 10.6 Å². The zero-order valence-electron chi connectivity index (χ0n) is 17.8. The van der Waals surface area contributed by atoms with E-state index in [0.717, 1.165) is 60.2 Å². The predicted octanol–water partition coefficient (Wildman–Crippen LogP) is 5.63. The highest BCUT2D eigenvalue weighted by molar-refractivity contribution is 6.33. The van der Waals surface area contributed by atoms with Crippen LogP contribution in [0.1, 0.15) is 36.9 Å². The van der Waals surface area contributed by atoms with Crippen LogP contribution in [0.3, 0.4) is 0 Å². The van der Waals surface area contributed by atoms with Gasteiger partial charge in [-0.3, -0.25) is 9.97 Å². The van der Waals surface area contributed by atoms with E-state index in [-0.39, 0.29) is 5.82 Å². The number of anilines is 1. The van der Waals surface area contributed by atoms with Crippen molar-refractivity contribution in [2.24, 2.45) is 11.7 Å². The van der Waals surface area contributed by atoms with E-state index in [4.69, 9.17) is 17.3 Å². The first-order valence-electron chi connectivity index (χ1n) is 10.8. The average Bonchev–Trinajstić information content (AvgIpc) is 2.77. The van der Waals surface area contributed by atoms with Crippen LogP contribution in [0.4, 0.5) is 10.1 Å². The van der Waals surface area contributed by atoms with Crippen molar-refractivity contribution in [1.82, 2.24) is 9.97 Å². The van der Waals surface area contributed by atoms with Crippen LogP contribution in [0.15, 0.2) is 55.0 Å². The lowest BCUT2D eigenvalue weighted by Crippen LogP contribution is -2.27. The van der Waals surface area contributed by atoms with E-state index in [1.54, 1.807) is 18.3 Å². The zero-order valence-corrected chi connectivity index (χ0v) is 18.5. The molecule has 4 rings (SSSR count). The van der Waals surface area contributed by atoms with Gasteiger partial charge in [0.1, 0.15) is 5.82 Å². The van der Waals surface area contributed by atoms with E-state index < -0.39 is 0 Å². The van der Waals surface area contributed by atoms with Crippen molar-refractivity contribution in [1.29, 1.82) is 0 Å². The van der Waals surface area contributed by atoms with E-state index in [2.05, 4.69) is 22.1 Å². The fourth-order valence-corrected chi connectivity index (χ4v) is 4.50. The first-order valence-corrected chi connectivity index (χ1v) is 11.2. The molecule has 2 aromatic heterocycles. The number of hydrogen-bond acceptors (Lipinski definition) is 4. The lowest BCUT2D eigenvalue weighted by molar-refractivity contribution is 0.323. The van der Waals surface area contributed by atoms with Gasteiger partial charge in [-0.05, 0) is 67.9 Å². The number of nitrogens with two attached hydrogens (primary N) is 1. The summed E-state index contributed by atoms with van der Waals surface area (Å²) in [6.07, 6.45) is 10.8. The topological polar surface area (TPSA) is 55.0 Å². The minimum atomic E-state index is -0.228. The van der Waals surface area contributed by atoms with Crippen molar-refractivity contribution in [2.75, 3.05) is 11.9 Å². The maximum absolute atomic E-state index is 13.5. The predicted molar refractivity (Wildman–Crippen MR) is 125 cm³/mol. The molecule has 0 radical (unpaired) electrons. The second-order valence-corrected chi connectivity index (χ2v) is 8.97. The Morgan fingerprint density at radius 3 is 2.68 bits per heavy atom. The highest BCUT2D eigenvalue weighted by Gasteiger charge is 2.20. The van der Waals surface area contributed by atoms with Gasteiger partial charge in [-0.15, -0.1) is 0 Å². The van der Waals surface area contributed by atoms with Gasteiger partial charge in [-0.2, -0.15) is 0 Å². The number of pyridine rings is 2. The Morgan fingerprint density at radius 1 is 1.10 bits per heavy atom. The van der Waals surface area contributed by atoms with E-state index in [1.807, 2.05) is 30.4 Å². The van der Waals surface area contributed by atoms with Crippen LogP contribution in [0.25, 0.3) is 11.1 Å². The Labute approximate surface area is 188 Å². The Kier molecular flexibility index (Phi) is 6.83. The summed E-state index contributed by atoms with van der Waals surface area (Å²) in [5.41, 5.74) is 10.8. The summed E-state index contributed by atoms with van der Waals surface area (Å²) >= 11 is 6.51. The van der Waals surface area contributed by atoms with Gasteiger partial charge in [0.25, 0.3) is 0 Å². The molecule has 1 aliphatic rings. The van der Waals surface area contributed by atoms with Crippen LogP contribution in [0.5, 0.6) is 0 Å². The molecule has 162 valence electrons. The van der Waals surface area contributed by atoms with Gasteiger partial charge in [0, 0.05) is 48.8 Å². The summed E-state index contributed by atoms with van der Waals surface area (Å²) in [7, 11) is 1.97. The number of benzene rings is 1. The van der Waals surface area contributed by atoms with E-state index in [9.17, 15) is 4.39 Å². The van der Waals surface area contributed by atoms with Crippen molar-refractivity contribution in [3.63, 3.8) is 0 Å². The highest BCUT2D eigenvalue weighted by Crippen LogP contribution is 2.32. The number of rotatable bonds is 6. The van der Waals surface area contributed by atoms with Crippen molar-refractivity contribution in [3.8, 4) is 11.1 Å². The number of hydrogen-bond donors (Lipinski definition) is 1. The highest BCUT2D eigenvalue weighted by atomic mass is 35.5. The number of halogens is 2. The smallest absolute Gasteiger partial charge is 0.123 e. The summed E-state index contributed by atoms with van der Waals surface area (Å²) < 4.78 is 13.5. The molecule has 1 aliphatic carbocycles. The van der Waals surface area contributed by atoms with Crippen molar-refractivity contribution >= 4 is 17.3 Å². The monoisotopic (exact) mass is 438 g/mol. The molecule has 1 aromatic carbocycles.